The maximum atomic E-state index is 13.2. The second-order valence-corrected chi connectivity index (χ2v) is 7.60. The molecule has 3 N–H and O–H groups in total. The minimum Gasteiger partial charge on any atom is -0.332 e. The smallest absolute Gasteiger partial charge is 0.279 e. The predicted octanol–water partition coefficient (Wildman–Crippen LogP) is 3.53. The number of nitrogens with zero attached hydrogens (tertiary/aromatic N) is 2. The van der Waals surface area contributed by atoms with E-state index in [1.807, 2.05) is 54.2 Å². The number of aromatic nitrogens is 2. The largest absolute Gasteiger partial charge is 0.332 e. The van der Waals surface area contributed by atoms with Gasteiger partial charge < -0.3 is 10.6 Å². The summed E-state index contributed by atoms with van der Waals surface area (Å²) in [7, 11) is 0. The van der Waals surface area contributed by atoms with Crippen molar-refractivity contribution in [3.8, 4) is 5.69 Å². The number of anilines is 1. The van der Waals surface area contributed by atoms with Gasteiger partial charge >= 0.3 is 0 Å². The first-order chi connectivity index (χ1) is 13.9. The molecule has 0 bridgehead atoms. The lowest BCUT2D eigenvalue weighted by atomic mass is 9.96. The van der Waals surface area contributed by atoms with Crippen LogP contribution in [-0.4, -0.2) is 22.2 Å². The molecular weight excluding hydrogens is 367 g/mol. The van der Waals surface area contributed by atoms with E-state index in [-0.39, 0.29) is 24.3 Å². The highest BCUT2D eigenvalue weighted by Gasteiger charge is 2.22. The Kier molecular flexibility index (Phi) is 6.44. The number of aryl methyl sites for hydroxylation is 1. The Bertz CT molecular complexity index is 965. The molecule has 0 saturated heterocycles. The van der Waals surface area contributed by atoms with Crippen molar-refractivity contribution < 1.29 is 14.5 Å². The van der Waals surface area contributed by atoms with E-state index < -0.39 is 0 Å². The van der Waals surface area contributed by atoms with Crippen molar-refractivity contribution >= 4 is 11.6 Å². The van der Waals surface area contributed by atoms with Gasteiger partial charge in [0.1, 0.15) is 11.9 Å². The molecular formula is C23H28FN4O+. The van der Waals surface area contributed by atoms with Crippen LogP contribution in [0.15, 0.2) is 54.6 Å². The second-order valence-electron chi connectivity index (χ2n) is 7.60. The van der Waals surface area contributed by atoms with Crippen LogP contribution in [0.25, 0.3) is 5.69 Å². The Balaban J connectivity index is 1.69. The minimum atomic E-state index is -0.254. The molecule has 1 heterocycles. The van der Waals surface area contributed by atoms with Crippen molar-refractivity contribution in [3.63, 3.8) is 0 Å². The van der Waals surface area contributed by atoms with Gasteiger partial charge in [-0.25, -0.2) is 9.07 Å². The lowest BCUT2D eigenvalue weighted by molar-refractivity contribution is -0.692. The highest BCUT2D eigenvalue weighted by Crippen LogP contribution is 2.22. The number of nitrogens with one attached hydrogen (secondary N) is 1. The summed E-state index contributed by atoms with van der Waals surface area (Å²) in [5, 5.41) is 9.58. The quantitative estimate of drug-likeness (QED) is 0.643. The third kappa shape index (κ3) is 4.90. The highest BCUT2D eigenvalue weighted by molar-refractivity contribution is 5.92. The zero-order valence-electron chi connectivity index (χ0n) is 17.3. The zero-order chi connectivity index (χ0) is 21.0. The van der Waals surface area contributed by atoms with Gasteiger partial charge in [-0.1, -0.05) is 44.2 Å². The fraction of sp³-hybridized carbons (Fsp3) is 0.304. The fourth-order valence-electron chi connectivity index (χ4n) is 3.55. The number of hydrogen-bond acceptors (Lipinski definition) is 2. The van der Waals surface area contributed by atoms with Crippen LogP contribution in [0.2, 0.25) is 0 Å². The van der Waals surface area contributed by atoms with Crippen LogP contribution in [0.4, 0.5) is 10.1 Å². The summed E-state index contributed by atoms with van der Waals surface area (Å²) in [5.41, 5.74) is 4.38. The summed E-state index contributed by atoms with van der Waals surface area (Å²) in [6.45, 7) is 8.31. The van der Waals surface area contributed by atoms with Gasteiger partial charge in [0, 0.05) is 11.5 Å². The van der Waals surface area contributed by atoms with Gasteiger partial charge in [-0.2, -0.15) is 5.10 Å². The Hall–Kier alpha value is -2.99. The SMILES string of the molecule is Cc1nn(-c2ccccc2)c(C)c1NC(=O)C[NH2+][C@@H](c1ccc(F)cc1)C(C)C. The third-order valence-electron chi connectivity index (χ3n) is 5.09. The summed E-state index contributed by atoms with van der Waals surface area (Å²) in [4.78, 5) is 12.6. The van der Waals surface area contributed by atoms with Crippen LogP contribution >= 0.6 is 0 Å². The van der Waals surface area contributed by atoms with E-state index in [0.717, 1.165) is 28.3 Å². The van der Waals surface area contributed by atoms with Gasteiger partial charge in [-0.15, -0.1) is 0 Å². The molecule has 5 nitrogen and oxygen atoms in total. The molecule has 0 aliphatic carbocycles. The van der Waals surface area contributed by atoms with Crippen molar-refractivity contribution in [1.82, 2.24) is 9.78 Å². The van der Waals surface area contributed by atoms with Gasteiger partial charge in [0.05, 0.1) is 22.8 Å². The van der Waals surface area contributed by atoms with Crippen LogP contribution in [0, 0.1) is 25.6 Å². The number of rotatable bonds is 7. The average Bonchev–Trinajstić information content (AvgIpc) is 2.98. The summed E-state index contributed by atoms with van der Waals surface area (Å²) >= 11 is 0. The number of hydrogen-bond donors (Lipinski definition) is 2. The molecule has 0 saturated carbocycles. The van der Waals surface area contributed by atoms with Crippen LogP contribution in [-0.2, 0) is 4.79 Å². The molecule has 3 rings (SSSR count). The number of carbonyl (C=O) groups is 1. The highest BCUT2D eigenvalue weighted by atomic mass is 19.1. The predicted molar refractivity (Wildman–Crippen MR) is 112 cm³/mol. The van der Waals surface area contributed by atoms with Crippen molar-refractivity contribution in [2.24, 2.45) is 5.92 Å². The van der Waals surface area contributed by atoms with E-state index in [1.165, 1.54) is 12.1 Å². The third-order valence-corrected chi connectivity index (χ3v) is 5.09. The summed E-state index contributed by atoms with van der Waals surface area (Å²) in [6, 6.07) is 16.4. The molecule has 0 aliphatic heterocycles. The first-order valence-electron chi connectivity index (χ1n) is 9.87. The molecule has 152 valence electrons. The molecule has 1 aromatic heterocycles. The van der Waals surface area contributed by atoms with Crippen LogP contribution in [0.5, 0.6) is 0 Å². The average molecular weight is 396 g/mol. The number of para-hydroxylation sites is 1. The first-order valence-corrected chi connectivity index (χ1v) is 9.87. The van der Waals surface area contributed by atoms with E-state index in [0.29, 0.717) is 5.92 Å². The standard InChI is InChI=1S/C23H27FN4O/c1-15(2)22(18-10-12-19(24)13-11-18)25-14-21(29)26-23-16(3)27-28(17(23)4)20-8-6-5-7-9-20/h5-13,15,22,25H,14H2,1-4H3,(H,26,29)/p+1/t22-/m1/s1. The van der Waals surface area contributed by atoms with Crippen LogP contribution in [0.1, 0.15) is 36.8 Å². The molecule has 6 heteroatoms. The molecule has 1 atom stereocenters. The van der Waals surface area contributed by atoms with Gasteiger partial charge in [-0.3, -0.25) is 4.79 Å². The van der Waals surface area contributed by atoms with Crippen molar-refractivity contribution in [2.45, 2.75) is 33.7 Å². The lowest BCUT2D eigenvalue weighted by Crippen LogP contribution is -2.88. The van der Waals surface area contributed by atoms with E-state index in [9.17, 15) is 9.18 Å². The number of nitrogens with two attached hydrogens (primary N) is 1. The van der Waals surface area contributed by atoms with Crippen LogP contribution in [0.3, 0.4) is 0 Å². The van der Waals surface area contributed by atoms with E-state index in [2.05, 4.69) is 24.3 Å². The minimum absolute atomic E-state index is 0.0792. The normalized spacial score (nSPS) is 12.2. The summed E-state index contributed by atoms with van der Waals surface area (Å²) < 4.78 is 15.1. The Labute approximate surface area is 170 Å². The molecule has 29 heavy (non-hydrogen) atoms. The first kappa shape index (κ1) is 20.7. The van der Waals surface area contributed by atoms with Crippen LogP contribution < -0.4 is 10.6 Å². The monoisotopic (exact) mass is 395 g/mol. The van der Waals surface area contributed by atoms with Gasteiger partial charge in [0.2, 0.25) is 0 Å². The van der Waals surface area contributed by atoms with Crippen molar-refractivity contribution in [2.75, 3.05) is 11.9 Å². The molecule has 0 radical (unpaired) electrons. The Morgan fingerprint density at radius 2 is 1.76 bits per heavy atom. The second kappa shape index (κ2) is 9.01. The molecule has 0 unspecified atom stereocenters. The lowest BCUT2D eigenvalue weighted by Gasteiger charge is -2.19. The molecule has 1 amide bonds. The summed E-state index contributed by atoms with van der Waals surface area (Å²) in [5.74, 6) is -0.0375. The van der Waals surface area contributed by atoms with Gasteiger partial charge in [0.15, 0.2) is 6.54 Å². The Morgan fingerprint density at radius 1 is 1.10 bits per heavy atom. The van der Waals surface area contributed by atoms with Crippen molar-refractivity contribution in [3.05, 3.63) is 77.4 Å². The van der Waals surface area contributed by atoms with E-state index >= 15 is 0 Å². The van der Waals surface area contributed by atoms with Crippen molar-refractivity contribution in [1.29, 1.82) is 0 Å². The maximum absolute atomic E-state index is 13.2. The van der Waals surface area contributed by atoms with Gasteiger partial charge in [-0.05, 0) is 38.1 Å². The maximum Gasteiger partial charge on any atom is 0.279 e. The fourth-order valence-corrected chi connectivity index (χ4v) is 3.55. The number of benzene rings is 2. The summed E-state index contributed by atoms with van der Waals surface area (Å²) in [6.07, 6.45) is 0. The number of carbonyl (C=O) groups excluding carboxylic acids is 1. The number of quaternary nitrogens is 1. The number of amides is 1. The van der Waals surface area contributed by atoms with Gasteiger partial charge in [0.25, 0.3) is 5.91 Å². The van der Waals surface area contributed by atoms with E-state index in [1.54, 1.807) is 12.1 Å². The molecule has 2 aromatic carbocycles. The Morgan fingerprint density at radius 3 is 2.38 bits per heavy atom. The topological polar surface area (TPSA) is 63.5 Å². The zero-order valence-corrected chi connectivity index (χ0v) is 17.3. The van der Waals surface area contributed by atoms with E-state index in [4.69, 9.17) is 0 Å². The molecule has 0 aliphatic rings. The molecule has 0 fully saturated rings. The molecule has 3 aromatic rings. The number of halogens is 1. The molecule has 0 spiro atoms.